The van der Waals surface area contributed by atoms with Gasteiger partial charge in [-0.05, 0) is 23.3 Å². The Balaban J connectivity index is 2.24. The molecule has 0 unspecified atom stereocenters. The van der Waals surface area contributed by atoms with Crippen molar-refractivity contribution in [3.8, 4) is 0 Å². The Morgan fingerprint density at radius 2 is 1.45 bits per heavy atom. The van der Waals surface area contributed by atoms with Gasteiger partial charge in [0.05, 0.1) is 5.56 Å². The molecule has 2 aromatic carbocycles. The van der Waals surface area contributed by atoms with E-state index in [0.29, 0.717) is 0 Å². The smallest absolute Gasteiger partial charge is 0.368 e. The monoisotopic (exact) mass is 439 g/mol. The van der Waals surface area contributed by atoms with Crippen LogP contribution in [0.5, 0.6) is 0 Å². The minimum Gasteiger partial charge on any atom is -0.368 e. The summed E-state index contributed by atoms with van der Waals surface area (Å²) >= 11 is 0. The molecule has 4 N–H and O–H groups in total. The van der Waals surface area contributed by atoms with Gasteiger partial charge in [0.15, 0.2) is 0 Å². The van der Waals surface area contributed by atoms with Crippen LogP contribution in [0.4, 0.5) is 17.6 Å². The maximum Gasteiger partial charge on any atom is 0.416 e. The summed E-state index contributed by atoms with van der Waals surface area (Å²) in [5, 5.41) is 4.62. The molecular weight excluding hydrogens is 418 g/mol. The first-order chi connectivity index (χ1) is 14.5. The molecule has 2 aromatic rings. The first-order valence-corrected chi connectivity index (χ1v) is 9.24. The molecule has 3 amide bonds. The van der Waals surface area contributed by atoms with E-state index < -0.39 is 53.8 Å². The van der Waals surface area contributed by atoms with Crippen LogP contribution in [0.15, 0.2) is 48.5 Å². The lowest BCUT2D eigenvalue weighted by Gasteiger charge is -2.23. The highest BCUT2D eigenvalue weighted by molar-refractivity contribution is 5.91. The number of hydrogen-bond donors (Lipinski definition) is 3. The van der Waals surface area contributed by atoms with Crippen molar-refractivity contribution >= 4 is 17.7 Å². The van der Waals surface area contributed by atoms with Gasteiger partial charge in [0, 0.05) is 19.8 Å². The van der Waals surface area contributed by atoms with Gasteiger partial charge in [-0.15, -0.1) is 0 Å². The Bertz CT molecular complexity index is 963. The van der Waals surface area contributed by atoms with E-state index in [1.54, 1.807) is 6.07 Å². The zero-order chi connectivity index (χ0) is 23.2. The van der Waals surface area contributed by atoms with Crippen LogP contribution in [0.1, 0.15) is 23.6 Å². The largest absolute Gasteiger partial charge is 0.416 e. The summed E-state index contributed by atoms with van der Waals surface area (Å²) in [6.07, 6.45) is -5.40. The molecule has 10 heteroatoms. The first kappa shape index (κ1) is 23.8. The SMILES string of the molecule is CC(=O)N[C@H](Cc1ccccc1F)C(=O)N[C@H](Cc1ccccc1C(F)(F)F)C(N)=O. The number of nitrogens with two attached hydrogens (primary N) is 1. The second-order valence-corrected chi connectivity index (χ2v) is 6.87. The molecule has 166 valence electrons. The number of halogens is 4. The van der Waals surface area contributed by atoms with Crippen LogP contribution in [-0.4, -0.2) is 29.8 Å². The zero-order valence-electron chi connectivity index (χ0n) is 16.5. The van der Waals surface area contributed by atoms with E-state index in [1.165, 1.54) is 36.4 Å². The number of carbonyl (C=O) groups is 3. The average Bonchev–Trinajstić information content (AvgIpc) is 2.67. The molecule has 0 aromatic heterocycles. The third kappa shape index (κ3) is 6.80. The van der Waals surface area contributed by atoms with Crippen molar-refractivity contribution in [3.63, 3.8) is 0 Å². The summed E-state index contributed by atoms with van der Waals surface area (Å²) in [6, 6.07) is 7.44. The number of carbonyl (C=O) groups excluding carboxylic acids is 3. The fourth-order valence-electron chi connectivity index (χ4n) is 3.03. The number of primary amides is 1. The highest BCUT2D eigenvalue weighted by Crippen LogP contribution is 2.32. The first-order valence-electron chi connectivity index (χ1n) is 9.24. The standard InChI is InChI=1S/C21H21F4N3O3/c1-12(29)27-18(11-14-7-3-5-9-16(14)22)20(31)28-17(19(26)30)10-13-6-2-4-8-15(13)21(23,24)25/h2-9,17-18H,10-11H2,1H3,(H2,26,30)(H,27,29)(H,28,31)/t17-,18-/m1/s1. The van der Waals surface area contributed by atoms with E-state index >= 15 is 0 Å². The summed E-state index contributed by atoms with van der Waals surface area (Å²) in [6.45, 7) is 1.15. The van der Waals surface area contributed by atoms with Gasteiger partial charge in [-0.2, -0.15) is 13.2 Å². The van der Waals surface area contributed by atoms with Crippen molar-refractivity contribution in [3.05, 3.63) is 71.0 Å². The van der Waals surface area contributed by atoms with Crippen LogP contribution < -0.4 is 16.4 Å². The lowest BCUT2D eigenvalue weighted by Crippen LogP contribution is -2.54. The van der Waals surface area contributed by atoms with Crippen LogP contribution in [0, 0.1) is 5.82 Å². The van der Waals surface area contributed by atoms with Crippen molar-refractivity contribution in [1.29, 1.82) is 0 Å². The number of nitrogens with one attached hydrogen (secondary N) is 2. The van der Waals surface area contributed by atoms with Gasteiger partial charge in [0.2, 0.25) is 17.7 Å². The Labute approximate surface area is 175 Å². The molecule has 0 spiro atoms. The summed E-state index contributed by atoms with van der Waals surface area (Å²) in [4.78, 5) is 36.0. The van der Waals surface area contributed by atoms with Crippen LogP contribution in [0.3, 0.4) is 0 Å². The molecule has 0 saturated carbocycles. The molecule has 0 saturated heterocycles. The third-order valence-corrected chi connectivity index (χ3v) is 4.48. The van der Waals surface area contributed by atoms with Gasteiger partial charge >= 0.3 is 6.18 Å². The molecule has 0 aliphatic carbocycles. The predicted molar refractivity (Wildman–Crippen MR) is 104 cm³/mol. The molecule has 0 heterocycles. The molecule has 0 bridgehead atoms. The Morgan fingerprint density at radius 1 is 0.903 bits per heavy atom. The van der Waals surface area contributed by atoms with Crippen molar-refractivity contribution in [2.45, 2.75) is 38.0 Å². The minimum atomic E-state index is -4.66. The maximum absolute atomic E-state index is 14.0. The highest BCUT2D eigenvalue weighted by Gasteiger charge is 2.34. The fraction of sp³-hybridized carbons (Fsp3) is 0.286. The van der Waals surface area contributed by atoms with Crippen molar-refractivity contribution in [2.75, 3.05) is 0 Å². The average molecular weight is 439 g/mol. The summed E-state index contributed by atoms with van der Waals surface area (Å²) in [5.41, 5.74) is 4.23. The van der Waals surface area contributed by atoms with Gasteiger partial charge in [0.1, 0.15) is 17.9 Å². The van der Waals surface area contributed by atoms with Gasteiger partial charge in [-0.1, -0.05) is 36.4 Å². The number of rotatable bonds is 8. The minimum absolute atomic E-state index is 0.134. The molecule has 2 atom stereocenters. The molecule has 0 fully saturated rings. The lowest BCUT2D eigenvalue weighted by molar-refractivity contribution is -0.138. The van der Waals surface area contributed by atoms with Crippen molar-refractivity contribution < 1.29 is 31.9 Å². The number of alkyl halides is 3. The summed E-state index contributed by atoms with van der Waals surface area (Å²) in [7, 11) is 0. The zero-order valence-corrected chi connectivity index (χ0v) is 16.5. The molecule has 0 radical (unpaired) electrons. The number of benzene rings is 2. The van der Waals surface area contributed by atoms with E-state index in [1.807, 2.05) is 0 Å². The van der Waals surface area contributed by atoms with E-state index in [0.717, 1.165) is 13.0 Å². The highest BCUT2D eigenvalue weighted by atomic mass is 19.4. The predicted octanol–water partition coefficient (Wildman–Crippen LogP) is 2.10. The van der Waals surface area contributed by atoms with Crippen LogP contribution >= 0.6 is 0 Å². The van der Waals surface area contributed by atoms with Crippen molar-refractivity contribution in [2.24, 2.45) is 5.73 Å². The van der Waals surface area contributed by atoms with E-state index in [4.69, 9.17) is 5.73 Å². The van der Waals surface area contributed by atoms with Gasteiger partial charge in [-0.3, -0.25) is 14.4 Å². The maximum atomic E-state index is 14.0. The molecular formula is C21H21F4N3O3. The van der Waals surface area contributed by atoms with Crippen molar-refractivity contribution in [1.82, 2.24) is 10.6 Å². The third-order valence-electron chi connectivity index (χ3n) is 4.48. The van der Waals surface area contributed by atoms with Crippen LogP contribution in [-0.2, 0) is 33.4 Å². The Morgan fingerprint density at radius 3 is 2.00 bits per heavy atom. The summed E-state index contributed by atoms with van der Waals surface area (Å²) < 4.78 is 53.6. The molecule has 31 heavy (non-hydrogen) atoms. The van der Waals surface area contributed by atoms with Gasteiger partial charge in [0.25, 0.3) is 0 Å². The molecule has 6 nitrogen and oxygen atoms in total. The van der Waals surface area contributed by atoms with Gasteiger partial charge < -0.3 is 16.4 Å². The van der Waals surface area contributed by atoms with E-state index in [2.05, 4.69) is 10.6 Å². The topological polar surface area (TPSA) is 101 Å². The number of hydrogen-bond acceptors (Lipinski definition) is 3. The fourth-order valence-corrected chi connectivity index (χ4v) is 3.03. The lowest BCUT2D eigenvalue weighted by atomic mass is 9.98. The normalized spacial score (nSPS) is 13.2. The number of amides is 3. The molecule has 2 rings (SSSR count). The van der Waals surface area contributed by atoms with E-state index in [9.17, 15) is 31.9 Å². The quantitative estimate of drug-likeness (QED) is 0.549. The van der Waals surface area contributed by atoms with Crippen LogP contribution in [0.2, 0.25) is 0 Å². The van der Waals surface area contributed by atoms with Gasteiger partial charge in [-0.25, -0.2) is 4.39 Å². The second-order valence-electron chi connectivity index (χ2n) is 6.87. The molecule has 0 aliphatic heterocycles. The van der Waals surface area contributed by atoms with Crippen LogP contribution in [0.25, 0.3) is 0 Å². The Kier molecular flexibility index (Phi) is 7.73. The van der Waals surface area contributed by atoms with E-state index in [-0.39, 0.29) is 17.5 Å². The Hall–Kier alpha value is -3.43. The summed E-state index contributed by atoms with van der Waals surface area (Å²) in [5.74, 6) is -3.13. The molecule has 0 aliphatic rings. The second kappa shape index (κ2) is 10.1.